The fourth-order valence-electron chi connectivity index (χ4n) is 9.10. The summed E-state index contributed by atoms with van der Waals surface area (Å²) in [5, 5.41) is 41.1. The Morgan fingerprint density at radius 3 is 1.25 bits per heavy atom. The lowest BCUT2D eigenvalue weighted by Gasteiger charge is -2.35. The molecule has 4 fully saturated rings. The van der Waals surface area contributed by atoms with Crippen molar-refractivity contribution in [1.82, 2.24) is 0 Å². The van der Waals surface area contributed by atoms with Crippen LogP contribution in [0.25, 0.3) is 0 Å². The smallest absolute Gasteiger partial charge is 0.359 e. The standard InChI is InChI=1S/2C20H29NO4.H2O4S/c2*1-21(14-19(22)23)12-11-18(13-21)25-15-20(24,17-9-5-6-10-17)16-7-3-2-4-8-16;1-5(2,3)4/h2*2-4,7-8,17-18,24H,5-6,9-15H2,1H3;(H2,1,2,3,4). The summed E-state index contributed by atoms with van der Waals surface area (Å²) in [7, 11) is -1.23. The van der Waals surface area contributed by atoms with Crippen LogP contribution in [0.4, 0.5) is 0 Å². The maximum absolute atomic E-state index is 11.5. The average Bonchev–Trinajstić information content (AvgIpc) is 3.95. The number of hydrogen-bond donors (Lipinski definition) is 4. The van der Waals surface area contributed by atoms with Crippen molar-refractivity contribution in [3.8, 4) is 0 Å². The number of nitrogens with zero attached hydrogens (tertiary/aromatic N) is 2. The van der Waals surface area contributed by atoms with Gasteiger partial charge in [0.05, 0.1) is 40.4 Å². The Hall–Kier alpha value is -2.99. The third kappa shape index (κ3) is 13.6. The number of aliphatic hydroxyl groups is 2. The van der Waals surface area contributed by atoms with E-state index in [9.17, 15) is 19.8 Å². The first-order chi connectivity index (χ1) is 25.8. The van der Waals surface area contributed by atoms with E-state index in [-0.39, 0.29) is 37.1 Å². The number of rotatable bonds is 14. The SMILES string of the molecule is C[N+]1(CC(=O)O)CCC(OCC(O)(c2ccccc2)C2CCCC2)C1.C[N+]1(CC(=O)O)CCC(OCC(O)(c2ccccc2)C2CCCC2)C1.O=S(=O)([O-])[O-]. The quantitative estimate of drug-likeness (QED) is 0.123. The van der Waals surface area contributed by atoms with Gasteiger partial charge in [-0.2, -0.15) is 0 Å². The summed E-state index contributed by atoms with van der Waals surface area (Å²) in [6.07, 6.45) is 10.5. The minimum Gasteiger partial charge on any atom is -0.759 e. The second-order valence-corrected chi connectivity index (χ2v) is 17.4. The molecule has 0 aromatic heterocycles. The minimum absolute atomic E-state index is 0.0148. The van der Waals surface area contributed by atoms with Crippen LogP contribution in [-0.2, 0) is 40.7 Å². The first-order valence-electron chi connectivity index (χ1n) is 19.4. The second-order valence-electron chi connectivity index (χ2n) is 16.6. The minimum atomic E-state index is -5.17. The molecule has 55 heavy (non-hydrogen) atoms. The Kier molecular flexibility index (Phi) is 15.8. The predicted octanol–water partition coefficient (Wildman–Crippen LogP) is 3.43. The van der Waals surface area contributed by atoms with E-state index < -0.39 is 33.5 Å². The lowest BCUT2D eigenvalue weighted by molar-refractivity contribution is -0.891. The Morgan fingerprint density at radius 2 is 0.964 bits per heavy atom. The number of benzene rings is 2. The third-order valence-corrected chi connectivity index (χ3v) is 12.0. The normalized spacial score (nSPS) is 28.0. The number of carboxylic acid groups (broad SMARTS) is 2. The number of carboxylic acids is 2. The molecule has 2 aromatic carbocycles. The molecule has 0 radical (unpaired) electrons. The number of carbonyl (C=O) groups is 2. The number of quaternary nitrogens is 2. The van der Waals surface area contributed by atoms with E-state index >= 15 is 0 Å². The van der Waals surface area contributed by atoms with E-state index in [4.69, 9.17) is 37.2 Å². The molecule has 0 spiro atoms. The highest BCUT2D eigenvalue weighted by atomic mass is 32.3. The summed E-state index contributed by atoms with van der Waals surface area (Å²) in [4.78, 5) is 22.1. The zero-order valence-corrected chi connectivity index (χ0v) is 33.0. The lowest BCUT2D eigenvalue weighted by Crippen LogP contribution is -2.47. The molecule has 308 valence electrons. The Balaban J connectivity index is 0.000000218. The molecule has 14 nitrogen and oxygen atoms in total. The maximum atomic E-state index is 11.5. The van der Waals surface area contributed by atoms with Crippen LogP contribution in [0.5, 0.6) is 0 Å². The van der Waals surface area contributed by atoms with Gasteiger partial charge in [-0.25, -0.2) is 9.59 Å². The molecule has 2 aromatic rings. The van der Waals surface area contributed by atoms with Crippen molar-refractivity contribution in [1.29, 1.82) is 0 Å². The van der Waals surface area contributed by atoms with Gasteiger partial charge in [-0.3, -0.25) is 8.42 Å². The summed E-state index contributed by atoms with van der Waals surface area (Å²) in [5.74, 6) is -1.07. The number of ether oxygens (including phenoxy) is 2. The molecule has 2 heterocycles. The molecular weight excluding hydrogens is 733 g/mol. The van der Waals surface area contributed by atoms with Crippen LogP contribution in [0.1, 0.15) is 75.3 Å². The molecule has 0 bridgehead atoms. The molecule has 0 amide bonds. The second kappa shape index (κ2) is 19.4. The first kappa shape index (κ1) is 44.7. The maximum Gasteiger partial charge on any atom is 0.359 e. The van der Waals surface area contributed by atoms with Gasteiger partial charge in [0.1, 0.15) is 36.5 Å². The van der Waals surface area contributed by atoms with E-state index in [1.165, 1.54) is 0 Å². The molecule has 2 saturated heterocycles. The fraction of sp³-hybridized carbons (Fsp3) is 0.650. The van der Waals surface area contributed by atoms with Crippen LogP contribution in [0.2, 0.25) is 0 Å². The lowest BCUT2D eigenvalue weighted by atomic mass is 9.80. The molecule has 2 aliphatic carbocycles. The number of aliphatic carboxylic acids is 2. The number of likely N-dealkylation sites (tertiary alicyclic amines) is 2. The van der Waals surface area contributed by atoms with Crippen molar-refractivity contribution in [3.63, 3.8) is 0 Å². The van der Waals surface area contributed by atoms with Gasteiger partial charge in [-0.15, -0.1) is 0 Å². The zero-order valence-electron chi connectivity index (χ0n) is 32.2. The Bertz CT molecular complexity index is 1510. The Morgan fingerprint density at radius 1 is 0.655 bits per heavy atom. The van der Waals surface area contributed by atoms with Gasteiger partial charge in [0.15, 0.2) is 13.1 Å². The highest BCUT2D eigenvalue weighted by Crippen LogP contribution is 2.42. The molecule has 6 rings (SSSR count). The largest absolute Gasteiger partial charge is 0.759 e. The highest BCUT2D eigenvalue weighted by molar-refractivity contribution is 7.79. The van der Waals surface area contributed by atoms with E-state index in [0.717, 1.165) is 88.4 Å². The fourth-order valence-corrected chi connectivity index (χ4v) is 9.10. The molecular formula is C40H60N2O12S. The van der Waals surface area contributed by atoms with Crippen LogP contribution in [-0.4, -0.2) is 138 Å². The van der Waals surface area contributed by atoms with Crippen LogP contribution in [0.15, 0.2) is 60.7 Å². The van der Waals surface area contributed by atoms with Crippen LogP contribution in [0.3, 0.4) is 0 Å². The average molecular weight is 793 g/mol. The molecule has 15 heteroatoms. The molecule has 2 saturated carbocycles. The molecule has 4 N–H and O–H groups in total. The van der Waals surface area contributed by atoms with Crippen LogP contribution < -0.4 is 0 Å². The van der Waals surface area contributed by atoms with Gasteiger partial charge in [-0.05, 0) is 48.6 Å². The van der Waals surface area contributed by atoms with Gasteiger partial charge in [0.2, 0.25) is 0 Å². The topological polar surface area (TPSA) is 214 Å². The van der Waals surface area contributed by atoms with Crippen molar-refractivity contribution < 1.29 is 66.0 Å². The summed E-state index contributed by atoms with van der Waals surface area (Å²) in [6, 6.07) is 19.7. The summed E-state index contributed by atoms with van der Waals surface area (Å²) >= 11 is 0. The molecule has 2 aliphatic heterocycles. The van der Waals surface area contributed by atoms with E-state index in [1.807, 2.05) is 74.8 Å². The van der Waals surface area contributed by atoms with Gasteiger partial charge >= 0.3 is 11.9 Å². The van der Waals surface area contributed by atoms with Crippen LogP contribution in [0, 0.1) is 11.8 Å². The monoisotopic (exact) mass is 792 g/mol. The summed E-state index contributed by atoms with van der Waals surface area (Å²) < 4.78 is 47.4. The van der Waals surface area contributed by atoms with Gasteiger partial charge in [-0.1, -0.05) is 86.3 Å². The van der Waals surface area contributed by atoms with E-state index in [0.29, 0.717) is 35.3 Å². The first-order valence-corrected chi connectivity index (χ1v) is 20.7. The molecule has 6 unspecified atom stereocenters. The zero-order chi connectivity index (χ0) is 40.3. The van der Waals surface area contributed by atoms with Crippen molar-refractivity contribution in [3.05, 3.63) is 71.8 Å². The molecule has 6 atom stereocenters. The van der Waals surface area contributed by atoms with Crippen molar-refractivity contribution >= 4 is 22.3 Å². The molecule has 4 aliphatic rings. The summed E-state index contributed by atoms with van der Waals surface area (Å²) in [5.41, 5.74) is -0.0297. The van der Waals surface area contributed by atoms with Crippen molar-refractivity contribution in [2.24, 2.45) is 11.8 Å². The van der Waals surface area contributed by atoms with Crippen molar-refractivity contribution in [2.45, 2.75) is 87.6 Å². The predicted molar refractivity (Wildman–Crippen MR) is 201 cm³/mol. The van der Waals surface area contributed by atoms with Gasteiger partial charge in [0, 0.05) is 23.2 Å². The number of likely N-dealkylation sites (N-methyl/N-ethyl adjacent to an activating group) is 2. The van der Waals surface area contributed by atoms with Gasteiger partial charge in [0.25, 0.3) is 0 Å². The van der Waals surface area contributed by atoms with Gasteiger partial charge < -0.3 is 48.0 Å². The highest BCUT2D eigenvalue weighted by Gasteiger charge is 2.45. The third-order valence-electron chi connectivity index (χ3n) is 12.0. The van der Waals surface area contributed by atoms with Crippen LogP contribution >= 0.6 is 0 Å². The summed E-state index contributed by atoms with van der Waals surface area (Å²) in [6.45, 7) is 3.85. The van der Waals surface area contributed by atoms with E-state index in [2.05, 4.69) is 0 Å². The van der Waals surface area contributed by atoms with E-state index in [1.54, 1.807) is 0 Å². The number of hydrogen-bond acceptors (Lipinski definition) is 10. The van der Waals surface area contributed by atoms with Crippen molar-refractivity contribution in [2.75, 3.05) is 66.6 Å². The Labute approximate surface area is 325 Å².